The van der Waals surface area contributed by atoms with Crippen molar-refractivity contribution in [2.75, 3.05) is 20.2 Å². The average Bonchev–Trinajstić information content (AvgIpc) is 2.46. The molecule has 0 fully saturated rings. The van der Waals surface area contributed by atoms with Gasteiger partial charge in [-0.2, -0.15) is 0 Å². The smallest absolute Gasteiger partial charge is 0.307 e. The van der Waals surface area contributed by atoms with Crippen LogP contribution in [0.3, 0.4) is 0 Å². The zero-order chi connectivity index (χ0) is 15.8. The molecule has 0 aliphatic carbocycles. The molecule has 0 bridgehead atoms. The van der Waals surface area contributed by atoms with Crippen molar-refractivity contribution in [2.24, 2.45) is 5.92 Å². The van der Waals surface area contributed by atoms with Gasteiger partial charge >= 0.3 is 5.97 Å². The minimum Gasteiger partial charge on any atom is -0.469 e. The van der Waals surface area contributed by atoms with Crippen molar-refractivity contribution in [2.45, 2.75) is 33.6 Å². The van der Waals surface area contributed by atoms with Crippen LogP contribution in [0.2, 0.25) is 0 Å². The molecule has 1 amide bonds. The molecule has 0 aliphatic heterocycles. The van der Waals surface area contributed by atoms with Crippen LogP contribution in [-0.2, 0) is 9.53 Å². The molecule has 4 heteroatoms. The Labute approximate surface area is 127 Å². The molecule has 116 valence electrons. The van der Waals surface area contributed by atoms with Gasteiger partial charge in [0.15, 0.2) is 0 Å². The topological polar surface area (TPSA) is 46.6 Å². The summed E-state index contributed by atoms with van der Waals surface area (Å²) in [6.45, 7) is 7.25. The molecule has 0 aliphatic rings. The Balaban J connectivity index is 2.78. The van der Waals surface area contributed by atoms with Crippen LogP contribution in [0, 0.1) is 12.8 Å². The van der Waals surface area contributed by atoms with E-state index in [1.165, 1.54) is 7.11 Å². The molecule has 1 rings (SSSR count). The van der Waals surface area contributed by atoms with Gasteiger partial charge in [-0.15, -0.1) is 0 Å². The number of carbonyl (C=O) groups is 2. The number of benzene rings is 1. The number of hydrogen-bond acceptors (Lipinski definition) is 3. The van der Waals surface area contributed by atoms with Crippen molar-refractivity contribution in [1.82, 2.24) is 4.90 Å². The van der Waals surface area contributed by atoms with Crippen molar-refractivity contribution in [3.63, 3.8) is 0 Å². The van der Waals surface area contributed by atoms with Gasteiger partial charge in [-0.05, 0) is 31.4 Å². The van der Waals surface area contributed by atoms with E-state index in [2.05, 4.69) is 18.6 Å². The predicted octanol–water partition coefficient (Wildman–Crippen LogP) is 3.05. The first-order chi connectivity index (χ1) is 9.93. The van der Waals surface area contributed by atoms with Crippen molar-refractivity contribution in [1.29, 1.82) is 0 Å². The number of aryl methyl sites for hydroxylation is 1. The Morgan fingerprint density at radius 2 is 1.95 bits per heavy atom. The number of nitrogens with zero attached hydrogens (tertiary/aromatic N) is 1. The van der Waals surface area contributed by atoms with E-state index in [1.54, 1.807) is 4.90 Å². The van der Waals surface area contributed by atoms with Crippen LogP contribution in [0.25, 0.3) is 0 Å². The van der Waals surface area contributed by atoms with Gasteiger partial charge in [-0.25, -0.2) is 0 Å². The maximum Gasteiger partial charge on any atom is 0.307 e. The highest BCUT2D eigenvalue weighted by Gasteiger charge is 2.17. The van der Waals surface area contributed by atoms with E-state index in [0.29, 0.717) is 24.6 Å². The number of hydrogen-bond donors (Lipinski definition) is 0. The fourth-order valence-electron chi connectivity index (χ4n) is 2.02. The largest absolute Gasteiger partial charge is 0.469 e. The SMILES string of the molecule is COC(=O)CCN(CCC(C)C)C(=O)c1cccc(C)c1. The van der Waals surface area contributed by atoms with Crippen molar-refractivity contribution in [3.05, 3.63) is 35.4 Å². The third-order valence-electron chi connectivity index (χ3n) is 3.34. The second-order valence-corrected chi connectivity index (χ2v) is 5.67. The third-order valence-corrected chi connectivity index (χ3v) is 3.34. The second kappa shape index (κ2) is 8.45. The van der Waals surface area contributed by atoms with Crippen molar-refractivity contribution in [3.8, 4) is 0 Å². The first kappa shape index (κ1) is 17.2. The zero-order valence-electron chi connectivity index (χ0n) is 13.4. The Hall–Kier alpha value is -1.84. The maximum atomic E-state index is 12.6. The van der Waals surface area contributed by atoms with Crippen LogP contribution in [0.4, 0.5) is 0 Å². The summed E-state index contributed by atoms with van der Waals surface area (Å²) in [5.41, 5.74) is 1.72. The predicted molar refractivity (Wildman–Crippen MR) is 83.2 cm³/mol. The quantitative estimate of drug-likeness (QED) is 0.725. The molecule has 4 nitrogen and oxygen atoms in total. The normalized spacial score (nSPS) is 10.5. The highest BCUT2D eigenvalue weighted by molar-refractivity contribution is 5.94. The molecule has 0 N–H and O–H groups in total. The molecular formula is C17H25NO3. The standard InChI is InChI=1S/C17H25NO3/c1-13(2)8-10-18(11-9-16(19)21-4)17(20)15-7-5-6-14(3)12-15/h5-7,12-13H,8-11H2,1-4H3. The molecule has 1 aromatic carbocycles. The minimum absolute atomic E-state index is 0.0248. The van der Waals surface area contributed by atoms with Crippen LogP contribution in [0.5, 0.6) is 0 Å². The maximum absolute atomic E-state index is 12.6. The van der Waals surface area contributed by atoms with E-state index in [1.807, 2.05) is 31.2 Å². The summed E-state index contributed by atoms with van der Waals surface area (Å²) in [6.07, 6.45) is 1.14. The molecule has 0 spiro atoms. The van der Waals surface area contributed by atoms with Crippen LogP contribution < -0.4 is 0 Å². The van der Waals surface area contributed by atoms with Gasteiger partial charge in [-0.3, -0.25) is 9.59 Å². The Kier molecular flexibility index (Phi) is 6.92. The van der Waals surface area contributed by atoms with Gasteiger partial charge < -0.3 is 9.64 Å². The highest BCUT2D eigenvalue weighted by Crippen LogP contribution is 2.11. The van der Waals surface area contributed by atoms with Crippen LogP contribution in [-0.4, -0.2) is 37.0 Å². The van der Waals surface area contributed by atoms with E-state index in [4.69, 9.17) is 0 Å². The van der Waals surface area contributed by atoms with E-state index in [-0.39, 0.29) is 18.3 Å². The van der Waals surface area contributed by atoms with E-state index in [9.17, 15) is 9.59 Å². The molecule has 0 radical (unpaired) electrons. The number of esters is 1. The van der Waals surface area contributed by atoms with Crippen LogP contribution >= 0.6 is 0 Å². The van der Waals surface area contributed by atoms with Crippen LogP contribution in [0.15, 0.2) is 24.3 Å². The average molecular weight is 291 g/mol. The fourth-order valence-corrected chi connectivity index (χ4v) is 2.02. The van der Waals surface area contributed by atoms with Gasteiger partial charge in [0.25, 0.3) is 5.91 Å². The summed E-state index contributed by atoms with van der Waals surface area (Å²) in [5.74, 6) is 0.195. The molecule has 0 heterocycles. The van der Waals surface area contributed by atoms with Crippen LogP contribution in [0.1, 0.15) is 42.6 Å². The first-order valence-electron chi connectivity index (χ1n) is 7.36. The lowest BCUT2D eigenvalue weighted by Gasteiger charge is -2.23. The van der Waals surface area contributed by atoms with E-state index >= 15 is 0 Å². The fraction of sp³-hybridized carbons (Fsp3) is 0.529. The van der Waals surface area contributed by atoms with E-state index in [0.717, 1.165) is 12.0 Å². The Morgan fingerprint density at radius 1 is 1.24 bits per heavy atom. The van der Waals surface area contributed by atoms with Gasteiger partial charge in [0.1, 0.15) is 0 Å². The lowest BCUT2D eigenvalue weighted by molar-refractivity contribution is -0.140. The number of amides is 1. The molecule has 0 unspecified atom stereocenters. The number of ether oxygens (including phenoxy) is 1. The van der Waals surface area contributed by atoms with E-state index < -0.39 is 0 Å². The molecule has 21 heavy (non-hydrogen) atoms. The Morgan fingerprint density at radius 3 is 2.52 bits per heavy atom. The summed E-state index contributed by atoms with van der Waals surface area (Å²) < 4.78 is 4.65. The molecule has 0 atom stereocenters. The monoisotopic (exact) mass is 291 g/mol. The molecule has 0 saturated heterocycles. The van der Waals surface area contributed by atoms with Gasteiger partial charge in [0.2, 0.25) is 0 Å². The summed E-state index contributed by atoms with van der Waals surface area (Å²) in [5, 5.41) is 0. The molecular weight excluding hydrogens is 266 g/mol. The lowest BCUT2D eigenvalue weighted by Crippen LogP contribution is -2.34. The zero-order valence-corrected chi connectivity index (χ0v) is 13.4. The Bertz CT molecular complexity index is 483. The number of methoxy groups -OCH3 is 1. The summed E-state index contributed by atoms with van der Waals surface area (Å²) in [4.78, 5) is 25.6. The summed E-state index contributed by atoms with van der Waals surface area (Å²) in [6, 6.07) is 7.53. The van der Waals surface area contributed by atoms with Crippen molar-refractivity contribution >= 4 is 11.9 Å². The lowest BCUT2D eigenvalue weighted by atomic mass is 10.1. The number of carbonyl (C=O) groups excluding carboxylic acids is 2. The molecule has 1 aromatic rings. The van der Waals surface area contributed by atoms with Crippen molar-refractivity contribution < 1.29 is 14.3 Å². The first-order valence-corrected chi connectivity index (χ1v) is 7.36. The second-order valence-electron chi connectivity index (χ2n) is 5.67. The van der Waals surface area contributed by atoms with Gasteiger partial charge in [0, 0.05) is 18.7 Å². The third kappa shape index (κ3) is 5.98. The highest BCUT2D eigenvalue weighted by atomic mass is 16.5. The molecule has 0 saturated carbocycles. The number of rotatable bonds is 7. The summed E-state index contributed by atoms with van der Waals surface area (Å²) >= 11 is 0. The molecule has 0 aromatic heterocycles. The summed E-state index contributed by atoms with van der Waals surface area (Å²) in [7, 11) is 1.36. The van der Waals surface area contributed by atoms with Gasteiger partial charge in [-0.1, -0.05) is 31.5 Å². The minimum atomic E-state index is -0.290. The van der Waals surface area contributed by atoms with Gasteiger partial charge in [0.05, 0.1) is 13.5 Å².